The van der Waals surface area contributed by atoms with Gasteiger partial charge in [0.05, 0.1) is 13.1 Å². The Morgan fingerprint density at radius 1 is 1.00 bits per heavy atom. The lowest BCUT2D eigenvalue weighted by atomic mass is 10.3. The lowest BCUT2D eigenvalue weighted by molar-refractivity contribution is -0.164. The van der Waals surface area contributed by atoms with Crippen LogP contribution in [-0.2, 0) is 33.4 Å². The average molecular weight is 304 g/mol. The molecule has 120 valence electrons. The zero-order chi connectivity index (χ0) is 16.3. The summed E-state index contributed by atoms with van der Waals surface area (Å²) in [6.45, 7) is 1.90. The first-order chi connectivity index (χ1) is 9.85. The number of hydrogen-bond acceptors (Lipinski definition) is 8. The van der Waals surface area contributed by atoms with Crippen LogP contribution in [0.4, 0.5) is 0 Å². The zero-order valence-corrected chi connectivity index (χ0v) is 12.0. The summed E-state index contributed by atoms with van der Waals surface area (Å²) in [5.74, 6) is -2.14. The minimum atomic E-state index is -0.881. The second-order valence-electron chi connectivity index (χ2n) is 4.02. The van der Waals surface area contributed by atoms with E-state index in [4.69, 9.17) is 15.2 Å². The molecule has 1 amide bonds. The van der Waals surface area contributed by atoms with E-state index in [1.165, 1.54) is 13.8 Å². The largest absolute Gasteiger partial charge is 0.462 e. The normalized spacial score (nSPS) is 11.2. The molecule has 9 heteroatoms. The highest BCUT2D eigenvalue weighted by Gasteiger charge is 2.17. The van der Waals surface area contributed by atoms with Gasteiger partial charge in [-0.25, -0.2) is 0 Å². The van der Waals surface area contributed by atoms with E-state index >= 15 is 0 Å². The molecule has 3 N–H and O–H groups in total. The van der Waals surface area contributed by atoms with Gasteiger partial charge in [0, 0.05) is 20.3 Å². The molecule has 0 aromatic rings. The third kappa shape index (κ3) is 11.4. The molecule has 1 atom stereocenters. The van der Waals surface area contributed by atoms with Gasteiger partial charge in [-0.2, -0.15) is 0 Å². The highest BCUT2D eigenvalue weighted by atomic mass is 16.6. The Morgan fingerprint density at radius 2 is 1.62 bits per heavy atom. The molecule has 21 heavy (non-hydrogen) atoms. The Kier molecular flexibility index (Phi) is 9.52. The Hall–Kier alpha value is -2.16. The van der Waals surface area contributed by atoms with Crippen molar-refractivity contribution in [2.45, 2.75) is 32.8 Å². The topological polar surface area (TPSA) is 134 Å². The average Bonchev–Trinajstić information content (AvgIpc) is 2.39. The van der Waals surface area contributed by atoms with E-state index in [-0.39, 0.29) is 38.6 Å². The Balaban J connectivity index is 4.08. The molecule has 0 aromatic heterocycles. The van der Waals surface area contributed by atoms with Crippen LogP contribution >= 0.6 is 0 Å². The maximum atomic E-state index is 11.4. The van der Waals surface area contributed by atoms with Crippen LogP contribution < -0.4 is 11.1 Å². The molecular formula is C12H20N2O7. The number of carbonyl (C=O) groups is 4. The molecule has 0 rings (SSSR count). The molecule has 0 aliphatic heterocycles. The first-order valence-electron chi connectivity index (χ1n) is 6.28. The third-order valence-corrected chi connectivity index (χ3v) is 2.09. The molecule has 0 bridgehead atoms. The Labute approximate surface area is 122 Å². The molecule has 0 radical (unpaired) electrons. The van der Waals surface area contributed by atoms with Crippen LogP contribution in [0.15, 0.2) is 0 Å². The van der Waals surface area contributed by atoms with Gasteiger partial charge in [-0.15, -0.1) is 0 Å². The number of nitrogens with one attached hydrogen (secondary N) is 1. The zero-order valence-electron chi connectivity index (χ0n) is 12.0. The fourth-order valence-corrected chi connectivity index (χ4v) is 1.24. The molecule has 1 unspecified atom stereocenters. The van der Waals surface area contributed by atoms with Crippen LogP contribution in [0, 0.1) is 0 Å². The van der Waals surface area contributed by atoms with Crippen LogP contribution in [0.1, 0.15) is 26.7 Å². The van der Waals surface area contributed by atoms with Crippen molar-refractivity contribution in [1.82, 2.24) is 5.32 Å². The molecule has 0 spiro atoms. The van der Waals surface area contributed by atoms with Gasteiger partial charge in [0.15, 0.2) is 6.10 Å². The highest BCUT2D eigenvalue weighted by Crippen LogP contribution is 2.00. The van der Waals surface area contributed by atoms with E-state index in [1.54, 1.807) is 0 Å². The first kappa shape index (κ1) is 18.8. The summed E-state index contributed by atoms with van der Waals surface area (Å²) >= 11 is 0. The summed E-state index contributed by atoms with van der Waals surface area (Å²) < 4.78 is 14.4. The SMILES string of the molecule is CC(=O)OCC(COC(=O)CCC(=O)NCN)OC(C)=O. The monoisotopic (exact) mass is 304 g/mol. The fourth-order valence-electron chi connectivity index (χ4n) is 1.24. The van der Waals surface area contributed by atoms with Gasteiger partial charge in [-0.1, -0.05) is 0 Å². The number of nitrogens with two attached hydrogens (primary N) is 1. The second kappa shape index (κ2) is 10.6. The van der Waals surface area contributed by atoms with E-state index < -0.39 is 24.0 Å². The van der Waals surface area contributed by atoms with E-state index in [0.29, 0.717) is 0 Å². The molecule has 0 fully saturated rings. The fraction of sp³-hybridized carbons (Fsp3) is 0.667. The van der Waals surface area contributed by atoms with Crippen molar-refractivity contribution in [3.63, 3.8) is 0 Å². The summed E-state index contributed by atoms with van der Waals surface area (Å²) in [6, 6.07) is 0. The molecule has 0 aliphatic rings. The summed E-state index contributed by atoms with van der Waals surface area (Å²) in [6.07, 6.45) is -1.07. The predicted octanol–water partition coefficient (Wildman–Crippen LogP) is -1.16. The second-order valence-corrected chi connectivity index (χ2v) is 4.02. The van der Waals surface area contributed by atoms with E-state index in [0.717, 1.165) is 0 Å². The quantitative estimate of drug-likeness (QED) is 0.309. The summed E-state index contributed by atoms with van der Waals surface area (Å²) in [4.78, 5) is 44.0. The maximum Gasteiger partial charge on any atom is 0.306 e. The number of amides is 1. The molecule has 9 nitrogen and oxygen atoms in total. The van der Waals surface area contributed by atoms with E-state index in [1.807, 2.05) is 0 Å². The van der Waals surface area contributed by atoms with Gasteiger partial charge in [0.2, 0.25) is 5.91 Å². The van der Waals surface area contributed by atoms with Crippen molar-refractivity contribution in [1.29, 1.82) is 0 Å². The van der Waals surface area contributed by atoms with Crippen molar-refractivity contribution < 1.29 is 33.4 Å². The number of ether oxygens (including phenoxy) is 3. The lowest BCUT2D eigenvalue weighted by Crippen LogP contribution is -2.31. The molecular weight excluding hydrogens is 284 g/mol. The van der Waals surface area contributed by atoms with Gasteiger partial charge in [0.1, 0.15) is 13.2 Å². The molecule has 0 aliphatic carbocycles. The minimum Gasteiger partial charge on any atom is -0.462 e. The van der Waals surface area contributed by atoms with Gasteiger partial charge in [0.25, 0.3) is 0 Å². The molecule has 0 saturated carbocycles. The van der Waals surface area contributed by atoms with Crippen LogP contribution in [0.3, 0.4) is 0 Å². The van der Waals surface area contributed by atoms with Gasteiger partial charge >= 0.3 is 17.9 Å². The Morgan fingerprint density at radius 3 is 2.14 bits per heavy atom. The molecule has 0 aromatic carbocycles. The summed E-state index contributed by atoms with van der Waals surface area (Å²) in [7, 11) is 0. The Bertz CT molecular complexity index is 384. The lowest BCUT2D eigenvalue weighted by Gasteiger charge is -2.16. The maximum absolute atomic E-state index is 11.4. The predicted molar refractivity (Wildman–Crippen MR) is 69.6 cm³/mol. The first-order valence-corrected chi connectivity index (χ1v) is 6.28. The van der Waals surface area contributed by atoms with E-state index in [2.05, 4.69) is 10.1 Å². The van der Waals surface area contributed by atoms with Gasteiger partial charge in [-0.3, -0.25) is 19.2 Å². The number of hydrogen-bond donors (Lipinski definition) is 2. The minimum absolute atomic E-state index is 0.00914. The van der Waals surface area contributed by atoms with Crippen LogP contribution in [0.2, 0.25) is 0 Å². The van der Waals surface area contributed by atoms with Crippen LogP contribution in [-0.4, -0.2) is 49.8 Å². The van der Waals surface area contributed by atoms with Crippen molar-refractivity contribution in [2.24, 2.45) is 5.73 Å². The van der Waals surface area contributed by atoms with Crippen LogP contribution in [0.25, 0.3) is 0 Å². The summed E-state index contributed by atoms with van der Waals surface area (Å²) in [5.41, 5.74) is 5.10. The van der Waals surface area contributed by atoms with Crippen molar-refractivity contribution in [3.8, 4) is 0 Å². The summed E-state index contributed by atoms with van der Waals surface area (Å²) in [5, 5.41) is 2.33. The van der Waals surface area contributed by atoms with E-state index in [9.17, 15) is 19.2 Å². The molecule has 0 heterocycles. The van der Waals surface area contributed by atoms with Gasteiger partial charge in [-0.05, 0) is 0 Å². The third-order valence-electron chi connectivity index (χ3n) is 2.09. The van der Waals surface area contributed by atoms with Crippen LogP contribution in [0.5, 0.6) is 0 Å². The standard InChI is InChI=1S/C12H20N2O7/c1-8(15)19-5-10(21-9(2)16)6-20-12(18)4-3-11(17)14-7-13/h10H,3-7,13H2,1-2H3,(H,14,17). The smallest absolute Gasteiger partial charge is 0.306 e. The number of esters is 3. The van der Waals surface area contributed by atoms with Crippen molar-refractivity contribution >= 4 is 23.8 Å². The number of rotatable bonds is 9. The number of carbonyl (C=O) groups excluding carboxylic acids is 4. The molecule has 0 saturated heterocycles. The van der Waals surface area contributed by atoms with Crippen molar-refractivity contribution in [3.05, 3.63) is 0 Å². The highest BCUT2D eigenvalue weighted by molar-refractivity contribution is 5.81. The van der Waals surface area contributed by atoms with Gasteiger partial charge < -0.3 is 25.3 Å². The van der Waals surface area contributed by atoms with Crippen molar-refractivity contribution in [2.75, 3.05) is 19.9 Å².